The number of ether oxygens (including phenoxy) is 2. The summed E-state index contributed by atoms with van der Waals surface area (Å²) in [6.45, 7) is 3.55. The maximum Gasteiger partial charge on any atom is 0.501 e. The van der Waals surface area contributed by atoms with E-state index in [0.717, 1.165) is 18.3 Å². The first-order valence-electron chi connectivity index (χ1n) is 13.6. The minimum absolute atomic E-state index is 0.0165. The van der Waals surface area contributed by atoms with Crippen LogP contribution in [0, 0.1) is 5.41 Å². The van der Waals surface area contributed by atoms with Crippen LogP contribution in [-0.2, 0) is 9.84 Å². The maximum absolute atomic E-state index is 13.7. The Bertz CT molecular complexity index is 1770. The molecule has 2 amide bonds. The molecule has 0 saturated heterocycles. The smallest absolute Gasteiger partial charge is 0.496 e. The Labute approximate surface area is 256 Å². The summed E-state index contributed by atoms with van der Waals surface area (Å²) in [5.41, 5.74) is -7.46. The summed E-state index contributed by atoms with van der Waals surface area (Å²) < 4.78 is 73.5. The predicted molar refractivity (Wildman–Crippen MR) is 156 cm³/mol. The molecule has 3 aliphatic carbocycles. The number of anilines is 3. The van der Waals surface area contributed by atoms with E-state index >= 15 is 0 Å². The van der Waals surface area contributed by atoms with Crippen LogP contribution < -0.4 is 25.4 Å². The van der Waals surface area contributed by atoms with Crippen LogP contribution in [0.3, 0.4) is 0 Å². The highest BCUT2D eigenvalue weighted by Crippen LogP contribution is 2.72. The third-order valence-corrected chi connectivity index (χ3v) is 9.84. The van der Waals surface area contributed by atoms with Gasteiger partial charge in [0.15, 0.2) is 0 Å². The van der Waals surface area contributed by atoms with Gasteiger partial charge >= 0.3 is 5.51 Å². The lowest BCUT2D eigenvalue weighted by Gasteiger charge is -2.74. The molecule has 1 aromatic carbocycles. The predicted octanol–water partition coefficient (Wildman–Crippen LogP) is 4.40. The summed E-state index contributed by atoms with van der Waals surface area (Å²) in [5, 5.41) is 18.8. The highest BCUT2D eigenvalue weighted by molar-refractivity contribution is 7.92. The molecule has 0 aliphatic heterocycles. The molecule has 4 N–H and O–H groups in total. The van der Waals surface area contributed by atoms with E-state index in [0.29, 0.717) is 25.3 Å². The zero-order valence-corrected chi connectivity index (χ0v) is 25.4. The van der Waals surface area contributed by atoms with Gasteiger partial charge in [0.1, 0.15) is 17.1 Å². The molecular formula is C29H30F3N5O7S. The van der Waals surface area contributed by atoms with Crippen LogP contribution in [0.25, 0.3) is 0 Å². The van der Waals surface area contributed by atoms with Crippen molar-refractivity contribution in [1.82, 2.24) is 9.97 Å². The van der Waals surface area contributed by atoms with Crippen molar-refractivity contribution in [3.05, 3.63) is 59.9 Å². The summed E-state index contributed by atoms with van der Waals surface area (Å²) >= 11 is 0. The molecule has 45 heavy (non-hydrogen) atoms. The minimum atomic E-state index is -5.67. The summed E-state index contributed by atoms with van der Waals surface area (Å²) in [4.78, 5) is 34.4. The second kappa shape index (κ2) is 10.9. The van der Waals surface area contributed by atoms with Crippen molar-refractivity contribution in [1.29, 1.82) is 0 Å². The van der Waals surface area contributed by atoms with Crippen LogP contribution in [0.5, 0.6) is 11.6 Å². The molecule has 12 nitrogen and oxygen atoms in total. The summed E-state index contributed by atoms with van der Waals surface area (Å²) in [6.07, 6.45) is 4.67. The van der Waals surface area contributed by atoms with Gasteiger partial charge in [-0.05, 0) is 57.4 Å². The van der Waals surface area contributed by atoms with E-state index in [-0.39, 0.29) is 50.9 Å². The second-order valence-electron chi connectivity index (χ2n) is 11.7. The molecule has 240 valence electrons. The van der Waals surface area contributed by atoms with Crippen molar-refractivity contribution in [3.63, 3.8) is 0 Å². The SMILES string of the molecule is COc1cc(C(=O)Nc2cccc(S(=O)(=O)C(F)(F)F)c2)c(NC(=O)c2c(OC)ccnc2NC23CC(C(C)(C)O)(C2)C3)cn1. The number of carbonyl (C=O) groups is 2. The lowest BCUT2D eigenvalue weighted by atomic mass is 9.35. The number of amides is 2. The van der Waals surface area contributed by atoms with Crippen LogP contribution in [-0.4, -0.2) is 66.2 Å². The van der Waals surface area contributed by atoms with Gasteiger partial charge in [0.25, 0.3) is 21.7 Å². The fraction of sp³-hybridized carbons (Fsp3) is 0.379. The van der Waals surface area contributed by atoms with E-state index in [1.807, 2.05) is 0 Å². The van der Waals surface area contributed by atoms with E-state index in [9.17, 15) is 36.3 Å². The van der Waals surface area contributed by atoms with Crippen molar-refractivity contribution in [2.45, 2.75) is 54.7 Å². The van der Waals surface area contributed by atoms with E-state index in [1.54, 1.807) is 13.8 Å². The number of hydrogen-bond acceptors (Lipinski definition) is 10. The van der Waals surface area contributed by atoms with E-state index in [4.69, 9.17) is 9.47 Å². The Balaban J connectivity index is 1.41. The minimum Gasteiger partial charge on any atom is -0.496 e. The molecule has 16 heteroatoms. The van der Waals surface area contributed by atoms with Gasteiger partial charge in [0.2, 0.25) is 5.88 Å². The van der Waals surface area contributed by atoms with Gasteiger partial charge in [-0.3, -0.25) is 9.59 Å². The molecule has 0 spiro atoms. The topological polar surface area (TPSA) is 169 Å². The first-order valence-corrected chi connectivity index (χ1v) is 15.0. The van der Waals surface area contributed by atoms with Gasteiger partial charge in [0, 0.05) is 28.9 Å². The fourth-order valence-electron chi connectivity index (χ4n) is 5.84. The third kappa shape index (κ3) is 5.63. The molecule has 3 aliphatic rings. The largest absolute Gasteiger partial charge is 0.501 e. The molecule has 0 unspecified atom stereocenters. The van der Waals surface area contributed by atoms with Crippen molar-refractivity contribution in [2.75, 3.05) is 30.2 Å². The van der Waals surface area contributed by atoms with Gasteiger partial charge in [0.05, 0.1) is 42.2 Å². The average Bonchev–Trinajstić information content (AvgIpc) is 2.92. The first kappa shape index (κ1) is 32.0. The zero-order valence-electron chi connectivity index (χ0n) is 24.6. The van der Waals surface area contributed by atoms with Gasteiger partial charge < -0.3 is 30.5 Å². The molecule has 3 aromatic rings. The van der Waals surface area contributed by atoms with Gasteiger partial charge in [-0.2, -0.15) is 13.2 Å². The van der Waals surface area contributed by atoms with E-state index < -0.39 is 37.7 Å². The highest BCUT2D eigenvalue weighted by Gasteiger charge is 2.73. The molecule has 2 heterocycles. The van der Waals surface area contributed by atoms with Crippen molar-refractivity contribution in [2.24, 2.45) is 5.41 Å². The molecule has 3 fully saturated rings. The Kier molecular flexibility index (Phi) is 7.72. The number of aliphatic hydroxyl groups is 1. The third-order valence-electron chi connectivity index (χ3n) is 8.36. The van der Waals surface area contributed by atoms with Crippen LogP contribution >= 0.6 is 0 Å². The number of halogens is 3. The van der Waals surface area contributed by atoms with E-state index in [2.05, 4.69) is 25.9 Å². The van der Waals surface area contributed by atoms with Gasteiger partial charge in [-0.25, -0.2) is 18.4 Å². The lowest BCUT2D eigenvalue weighted by Crippen LogP contribution is -2.77. The number of hydrogen-bond donors (Lipinski definition) is 4. The number of alkyl halides is 3. The molecule has 3 saturated carbocycles. The number of sulfone groups is 1. The van der Waals surface area contributed by atoms with Gasteiger partial charge in [-0.15, -0.1) is 0 Å². The number of pyridine rings is 2. The Morgan fingerprint density at radius 2 is 1.67 bits per heavy atom. The number of aromatic nitrogens is 2. The van der Waals surface area contributed by atoms with Crippen molar-refractivity contribution >= 4 is 38.8 Å². The molecule has 2 bridgehead atoms. The number of benzene rings is 1. The number of rotatable bonds is 10. The Morgan fingerprint density at radius 1 is 0.978 bits per heavy atom. The standard InChI is InChI=1S/C29H30F3N5O7S/c1-26(2,40)27-13-28(14-27,15-27)37-23-22(20(43-3)8-9-33-23)25(39)36-19-12-34-21(44-4)11-18(19)24(38)35-16-6-5-7-17(10-16)45(41,42)29(30,31)32/h5-12,40H,13-15H2,1-4H3,(H,33,37)(H,35,38)(H,36,39). The van der Waals surface area contributed by atoms with Crippen LogP contribution in [0.2, 0.25) is 0 Å². The highest BCUT2D eigenvalue weighted by atomic mass is 32.2. The normalized spacial score (nSPS) is 20.7. The van der Waals surface area contributed by atoms with E-state index in [1.165, 1.54) is 38.6 Å². The number of methoxy groups -OCH3 is 2. The fourth-order valence-corrected chi connectivity index (χ4v) is 6.65. The first-order chi connectivity index (χ1) is 20.9. The zero-order chi connectivity index (χ0) is 33.0. The van der Waals surface area contributed by atoms with Crippen molar-refractivity contribution < 1.29 is 45.8 Å². The molecule has 0 radical (unpaired) electrons. The maximum atomic E-state index is 13.7. The second-order valence-corrected chi connectivity index (χ2v) is 13.6. The summed E-state index contributed by atoms with van der Waals surface area (Å²) in [7, 11) is -3.00. The molecular weight excluding hydrogens is 619 g/mol. The lowest BCUT2D eigenvalue weighted by molar-refractivity contribution is -0.230. The number of carbonyl (C=O) groups excluding carboxylic acids is 2. The molecule has 6 rings (SSSR count). The summed E-state index contributed by atoms with van der Waals surface area (Å²) in [6, 6.07) is 6.35. The Morgan fingerprint density at radius 3 is 2.27 bits per heavy atom. The van der Waals surface area contributed by atoms with Crippen LogP contribution in [0.1, 0.15) is 53.8 Å². The quantitative estimate of drug-likeness (QED) is 0.247. The Hall–Kier alpha value is -4.44. The van der Waals surface area contributed by atoms with Crippen LogP contribution in [0.15, 0.2) is 53.7 Å². The average molecular weight is 650 g/mol. The molecule has 2 aromatic heterocycles. The number of nitrogens with zero attached hydrogens (tertiary/aromatic N) is 2. The molecule has 0 atom stereocenters. The van der Waals surface area contributed by atoms with Gasteiger partial charge in [-0.1, -0.05) is 6.07 Å². The number of nitrogens with one attached hydrogen (secondary N) is 3. The summed E-state index contributed by atoms with van der Waals surface area (Å²) in [5.74, 6) is -1.23. The van der Waals surface area contributed by atoms with Crippen molar-refractivity contribution in [3.8, 4) is 11.6 Å². The monoisotopic (exact) mass is 649 g/mol. The van der Waals surface area contributed by atoms with Crippen LogP contribution in [0.4, 0.5) is 30.4 Å².